The third-order valence-electron chi connectivity index (χ3n) is 3.42. The van der Waals surface area contributed by atoms with E-state index < -0.39 is 0 Å². The highest BCUT2D eigenvalue weighted by atomic mass is 35.5. The van der Waals surface area contributed by atoms with Crippen LogP contribution in [-0.2, 0) is 6.42 Å². The number of hydrogen-bond acceptors (Lipinski definition) is 3. The van der Waals surface area contributed by atoms with Gasteiger partial charge in [-0.3, -0.25) is 0 Å². The maximum absolute atomic E-state index is 5.98. The normalized spacial score (nSPS) is 23.9. The highest BCUT2D eigenvalue weighted by molar-refractivity contribution is 6.18. The van der Waals surface area contributed by atoms with Crippen molar-refractivity contribution in [1.82, 2.24) is 9.97 Å². The first kappa shape index (κ1) is 12.6. The lowest BCUT2D eigenvalue weighted by Gasteiger charge is -2.19. The molecule has 1 fully saturated rings. The third kappa shape index (κ3) is 3.32. The number of nitrogens with zero attached hydrogens (tertiary/aromatic N) is 2. The Balaban J connectivity index is 2.00. The maximum Gasteiger partial charge on any atom is 0.129 e. The molecule has 2 rings (SSSR count). The first-order chi connectivity index (χ1) is 8.33. The van der Waals surface area contributed by atoms with E-state index in [2.05, 4.69) is 28.3 Å². The van der Waals surface area contributed by atoms with Crippen LogP contribution in [0.2, 0.25) is 0 Å². The lowest BCUT2D eigenvalue weighted by molar-refractivity contribution is 0.561. The number of alkyl halides is 1. The highest BCUT2D eigenvalue weighted by Gasteiger charge is 2.26. The second-order valence-electron chi connectivity index (χ2n) is 4.74. The van der Waals surface area contributed by atoms with Crippen molar-refractivity contribution < 1.29 is 0 Å². The first-order valence-corrected chi connectivity index (χ1v) is 7.00. The molecule has 0 aromatic carbocycles. The predicted octanol–water partition coefficient (Wildman–Crippen LogP) is 3.25. The van der Waals surface area contributed by atoms with Crippen LogP contribution >= 0.6 is 11.6 Å². The summed E-state index contributed by atoms with van der Waals surface area (Å²) < 4.78 is 0. The Kier molecular flexibility index (Phi) is 4.60. The van der Waals surface area contributed by atoms with Crippen LogP contribution in [0, 0.1) is 5.92 Å². The quantitative estimate of drug-likeness (QED) is 0.819. The fourth-order valence-corrected chi connectivity index (χ4v) is 2.84. The number of aromatic nitrogens is 2. The number of rotatable bonds is 5. The van der Waals surface area contributed by atoms with Gasteiger partial charge in [-0.15, -0.1) is 11.6 Å². The first-order valence-electron chi connectivity index (χ1n) is 6.47. The van der Waals surface area contributed by atoms with Crippen LogP contribution in [-0.4, -0.2) is 21.9 Å². The standard InChI is InChI=1S/C13H20ClN3/c1-2-4-11-7-13(16-9-15-11)17-12-6-3-5-10(12)8-14/h7,9-10,12H,2-6,8H2,1H3,(H,15,16,17). The minimum absolute atomic E-state index is 0.483. The second-order valence-corrected chi connectivity index (χ2v) is 5.05. The molecule has 1 heterocycles. The van der Waals surface area contributed by atoms with Gasteiger partial charge in [0, 0.05) is 23.7 Å². The molecule has 2 unspecified atom stereocenters. The molecule has 1 aromatic heterocycles. The van der Waals surface area contributed by atoms with E-state index in [1.165, 1.54) is 19.3 Å². The molecule has 0 aliphatic heterocycles. The van der Waals surface area contributed by atoms with E-state index in [0.29, 0.717) is 12.0 Å². The molecule has 2 atom stereocenters. The van der Waals surface area contributed by atoms with Gasteiger partial charge in [0.25, 0.3) is 0 Å². The minimum Gasteiger partial charge on any atom is -0.367 e. The van der Waals surface area contributed by atoms with Gasteiger partial charge in [-0.1, -0.05) is 19.8 Å². The Bertz CT molecular complexity index is 356. The lowest BCUT2D eigenvalue weighted by Crippen LogP contribution is -2.25. The average Bonchev–Trinajstić information content (AvgIpc) is 2.77. The predicted molar refractivity (Wildman–Crippen MR) is 71.5 cm³/mol. The molecule has 1 aliphatic carbocycles. The van der Waals surface area contributed by atoms with Gasteiger partial charge in [0.15, 0.2) is 0 Å². The van der Waals surface area contributed by atoms with Gasteiger partial charge in [-0.25, -0.2) is 9.97 Å². The van der Waals surface area contributed by atoms with Crippen LogP contribution < -0.4 is 5.32 Å². The monoisotopic (exact) mass is 253 g/mol. The van der Waals surface area contributed by atoms with Crippen molar-refractivity contribution in [2.24, 2.45) is 5.92 Å². The van der Waals surface area contributed by atoms with Crippen LogP contribution in [0.3, 0.4) is 0 Å². The van der Waals surface area contributed by atoms with Crippen LogP contribution in [0.1, 0.15) is 38.3 Å². The molecular weight excluding hydrogens is 234 g/mol. The summed E-state index contributed by atoms with van der Waals surface area (Å²) in [4.78, 5) is 8.55. The highest BCUT2D eigenvalue weighted by Crippen LogP contribution is 2.28. The van der Waals surface area contributed by atoms with Gasteiger partial charge in [-0.05, 0) is 25.2 Å². The SMILES string of the molecule is CCCc1cc(NC2CCCC2CCl)ncn1. The number of anilines is 1. The summed E-state index contributed by atoms with van der Waals surface area (Å²) >= 11 is 5.98. The van der Waals surface area contributed by atoms with Crippen molar-refractivity contribution in [3.8, 4) is 0 Å². The van der Waals surface area contributed by atoms with Gasteiger partial charge in [0.1, 0.15) is 12.1 Å². The number of nitrogens with one attached hydrogen (secondary N) is 1. The molecule has 1 aliphatic rings. The smallest absolute Gasteiger partial charge is 0.129 e. The Labute approximate surface area is 108 Å². The molecule has 0 radical (unpaired) electrons. The zero-order chi connectivity index (χ0) is 12.1. The molecule has 0 amide bonds. The number of halogens is 1. The van der Waals surface area contributed by atoms with Crippen LogP contribution in [0.5, 0.6) is 0 Å². The van der Waals surface area contributed by atoms with Gasteiger partial charge in [-0.2, -0.15) is 0 Å². The summed E-state index contributed by atoms with van der Waals surface area (Å²) in [5.74, 6) is 2.27. The molecule has 17 heavy (non-hydrogen) atoms. The van der Waals surface area contributed by atoms with E-state index in [0.717, 1.165) is 30.2 Å². The molecular formula is C13H20ClN3. The van der Waals surface area contributed by atoms with E-state index >= 15 is 0 Å². The summed E-state index contributed by atoms with van der Waals surface area (Å²) in [6.07, 6.45) is 7.48. The van der Waals surface area contributed by atoms with Crippen LogP contribution in [0.4, 0.5) is 5.82 Å². The summed E-state index contributed by atoms with van der Waals surface area (Å²) in [7, 11) is 0. The molecule has 4 heteroatoms. The zero-order valence-electron chi connectivity index (χ0n) is 10.3. The van der Waals surface area contributed by atoms with E-state index in [1.54, 1.807) is 6.33 Å². The van der Waals surface area contributed by atoms with Crippen molar-refractivity contribution in [2.75, 3.05) is 11.2 Å². The molecule has 0 spiro atoms. The fourth-order valence-electron chi connectivity index (χ4n) is 2.47. The van der Waals surface area contributed by atoms with Gasteiger partial charge in [0.2, 0.25) is 0 Å². The third-order valence-corrected chi connectivity index (χ3v) is 3.82. The fraction of sp³-hybridized carbons (Fsp3) is 0.692. The molecule has 1 N–H and O–H groups in total. The molecule has 1 saturated carbocycles. The van der Waals surface area contributed by atoms with Gasteiger partial charge < -0.3 is 5.32 Å². The Morgan fingerprint density at radius 3 is 3.06 bits per heavy atom. The van der Waals surface area contributed by atoms with E-state index in [-0.39, 0.29) is 0 Å². The van der Waals surface area contributed by atoms with Crippen molar-refractivity contribution >= 4 is 17.4 Å². The Morgan fingerprint density at radius 1 is 1.41 bits per heavy atom. The van der Waals surface area contributed by atoms with Crippen LogP contribution in [0.15, 0.2) is 12.4 Å². The summed E-state index contributed by atoms with van der Waals surface area (Å²) in [5, 5.41) is 3.51. The Morgan fingerprint density at radius 2 is 2.29 bits per heavy atom. The van der Waals surface area contributed by atoms with Crippen molar-refractivity contribution in [3.63, 3.8) is 0 Å². The summed E-state index contributed by atoms with van der Waals surface area (Å²) in [6.45, 7) is 2.16. The van der Waals surface area contributed by atoms with E-state index in [9.17, 15) is 0 Å². The van der Waals surface area contributed by atoms with Crippen molar-refractivity contribution in [1.29, 1.82) is 0 Å². The number of hydrogen-bond donors (Lipinski definition) is 1. The van der Waals surface area contributed by atoms with E-state index in [1.807, 2.05) is 0 Å². The molecule has 1 aromatic rings. The van der Waals surface area contributed by atoms with Gasteiger partial charge >= 0.3 is 0 Å². The minimum atomic E-state index is 0.483. The van der Waals surface area contributed by atoms with E-state index in [4.69, 9.17) is 11.6 Å². The van der Waals surface area contributed by atoms with Crippen molar-refractivity contribution in [3.05, 3.63) is 18.1 Å². The summed E-state index contributed by atoms with van der Waals surface area (Å²) in [6, 6.07) is 2.55. The second kappa shape index (κ2) is 6.20. The number of aryl methyl sites for hydroxylation is 1. The molecule has 3 nitrogen and oxygen atoms in total. The van der Waals surface area contributed by atoms with Crippen molar-refractivity contribution in [2.45, 2.75) is 45.1 Å². The van der Waals surface area contributed by atoms with Gasteiger partial charge in [0.05, 0.1) is 0 Å². The maximum atomic E-state index is 5.98. The largest absolute Gasteiger partial charge is 0.367 e. The zero-order valence-corrected chi connectivity index (χ0v) is 11.1. The molecule has 0 bridgehead atoms. The Hall–Kier alpha value is -0.830. The lowest BCUT2D eigenvalue weighted by atomic mass is 10.1. The average molecular weight is 254 g/mol. The topological polar surface area (TPSA) is 37.8 Å². The summed E-state index contributed by atoms with van der Waals surface area (Å²) in [5.41, 5.74) is 1.12. The molecule has 0 saturated heterocycles. The molecule has 94 valence electrons. The van der Waals surface area contributed by atoms with Crippen LogP contribution in [0.25, 0.3) is 0 Å².